The quantitative estimate of drug-likeness (QED) is 0.384. The molecule has 1 aromatic rings. The van der Waals surface area contributed by atoms with Gasteiger partial charge in [-0.05, 0) is 0 Å². The second kappa shape index (κ2) is 2.89. The first-order valence-electron chi connectivity index (χ1n) is 2.65. The normalized spacial score (nSPS) is 9.82. The topological polar surface area (TPSA) is 66.2 Å². The molecule has 0 aliphatic carbocycles. The van der Waals surface area contributed by atoms with E-state index < -0.39 is 24.5 Å². The van der Waals surface area contributed by atoms with Gasteiger partial charge in [0.05, 0.1) is 5.46 Å². The van der Waals surface area contributed by atoms with Gasteiger partial charge in [0.15, 0.2) is 0 Å². The van der Waals surface area contributed by atoms with Gasteiger partial charge in [-0.25, -0.2) is 9.97 Å². The third-order valence-electron chi connectivity index (χ3n) is 1.04. The van der Waals surface area contributed by atoms with E-state index in [-0.39, 0.29) is 0 Å². The first-order valence-corrected chi connectivity index (χ1v) is 2.65. The van der Waals surface area contributed by atoms with Crippen LogP contribution in [0.15, 0.2) is 6.33 Å². The minimum atomic E-state index is -2.23. The van der Waals surface area contributed by atoms with Gasteiger partial charge in [-0.2, -0.15) is 8.78 Å². The maximum absolute atomic E-state index is 12.4. The first-order chi connectivity index (χ1) is 5.13. The lowest BCUT2D eigenvalue weighted by Crippen LogP contribution is -2.37. The van der Waals surface area contributed by atoms with E-state index in [1.807, 2.05) is 0 Å². The highest BCUT2D eigenvalue weighted by atomic mass is 19.1. The molecule has 0 spiro atoms. The van der Waals surface area contributed by atoms with Gasteiger partial charge < -0.3 is 10.0 Å². The molecule has 0 radical (unpaired) electrons. The highest BCUT2D eigenvalue weighted by Gasteiger charge is 2.23. The lowest BCUT2D eigenvalue weighted by molar-refractivity contribution is 0.415. The number of rotatable bonds is 1. The molecule has 0 aliphatic heterocycles. The number of aromatic nitrogens is 2. The summed E-state index contributed by atoms with van der Waals surface area (Å²) in [5.74, 6) is -2.54. The van der Waals surface area contributed by atoms with Crippen molar-refractivity contribution in [2.75, 3.05) is 0 Å². The van der Waals surface area contributed by atoms with Gasteiger partial charge in [0, 0.05) is 0 Å². The summed E-state index contributed by atoms with van der Waals surface area (Å²) >= 11 is 0. The molecule has 58 valence electrons. The highest BCUT2D eigenvalue weighted by Crippen LogP contribution is 1.91. The molecular formula is C4H3BF2N2O2. The van der Waals surface area contributed by atoms with Crippen molar-refractivity contribution in [1.82, 2.24) is 9.97 Å². The van der Waals surface area contributed by atoms with Crippen molar-refractivity contribution in [2.24, 2.45) is 0 Å². The molecule has 0 aromatic carbocycles. The fraction of sp³-hybridized carbons (Fsp3) is 0. The Kier molecular flexibility index (Phi) is 2.11. The van der Waals surface area contributed by atoms with Gasteiger partial charge in [-0.3, -0.25) is 0 Å². The molecule has 0 unspecified atom stereocenters. The highest BCUT2D eigenvalue weighted by molar-refractivity contribution is 6.58. The minimum Gasteiger partial charge on any atom is -0.423 e. The third-order valence-corrected chi connectivity index (χ3v) is 1.04. The average Bonchev–Trinajstić information content (AvgIpc) is 1.85. The summed E-state index contributed by atoms with van der Waals surface area (Å²) in [5, 5.41) is 16.8. The van der Waals surface area contributed by atoms with E-state index >= 15 is 0 Å². The van der Waals surface area contributed by atoms with Crippen LogP contribution in [0.3, 0.4) is 0 Å². The van der Waals surface area contributed by atoms with Crippen LogP contribution in [0.25, 0.3) is 0 Å². The van der Waals surface area contributed by atoms with Crippen molar-refractivity contribution < 1.29 is 18.8 Å². The van der Waals surface area contributed by atoms with Crippen LogP contribution in [0.4, 0.5) is 8.78 Å². The van der Waals surface area contributed by atoms with Gasteiger partial charge in [-0.1, -0.05) is 0 Å². The zero-order valence-corrected chi connectivity index (χ0v) is 5.20. The molecule has 0 fully saturated rings. The predicted molar refractivity (Wildman–Crippen MR) is 31.8 cm³/mol. The van der Waals surface area contributed by atoms with Crippen molar-refractivity contribution in [3.63, 3.8) is 0 Å². The zero-order chi connectivity index (χ0) is 8.43. The largest absolute Gasteiger partial charge is 0.497 e. The molecule has 7 heteroatoms. The Morgan fingerprint density at radius 1 is 1.18 bits per heavy atom. The van der Waals surface area contributed by atoms with Gasteiger partial charge in [0.2, 0.25) is 11.9 Å². The van der Waals surface area contributed by atoms with Crippen LogP contribution >= 0.6 is 0 Å². The van der Waals surface area contributed by atoms with Crippen molar-refractivity contribution in [3.8, 4) is 0 Å². The minimum absolute atomic E-state index is 0.649. The monoisotopic (exact) mass is 160 g/mol. The Morgan fingerprint density at radius 2 is 1.64 bits per heavy atom. The van der Waals surface area contributed by atoms with E-state index in [0.717, 1.165) is 0 Å². The van der Waals surface area contributed by atoms with E-state index in [0.29, 0.717) is 6.33 Å². The van der Waals surface area contributed by atoms with E-state index in [4.69, 9.17) is 10.0 Å². The Bertz CT molecular complexity index is 250. The summed E-state index contributed by atoms with van der Waals surface area (Å²) in [6.07, 6.45) is 0.649. The summed E-state index contributed by atoms with van der Waals surface area (Å²) in [6.45, 7) is 0. The maximum atomic E-state index is 12.4. The van der Waals surface area contributed by atoms with Crippen LogP contribution in [0, 0.1) is 11.9 Å². The molecule has 1 aromatic heterocycles. The molecule has 0 amide bonds. The fourth-order valence-electron chi connectivity index (χ4n) is 0.568. The van der Waals surface area contributed by atoms with Crippen LogP contribution in [0.5, 0.6) is 0 Å². The standard InChI is InChI=1S/C4H3BF2N2O2/c6-3-2(5(10)11)4(7)9-1-8-3/h1,10-11H. The Labute approximate surface area is 60.7 Å². The van der Waals surface area contributed by atoms with Crippen LogP contribution in [-0.2, 0) is 0 Å². The van der Waals surface area contributed by atoms with Crippen molar-refractivity contribution in [1.29, 1.82) is 0 Å². The molecule has 0 bridgehead atoms. The molecular weight excluding hydrogens is 157 g/mol. The summed E-state index contributed by atoms with van der Waals surface area (Å²) in [4.78, 5) is 5.85. The summed E-state index contributed by atoms with van der Waals surface area (Å²) in [6, 6.07) is 0. The zero-order valence-electron chi connectivity index (χ0n) is 5.20. The van der Waals surface area contributed by atoms with Crippen molar-refractivity contribution >= 4 is 12.6 Å². The third kappa shape index (κ3) is 1.49. The second-order valence-corrected chi connectivity index (χ2v) is 1.74. The molecule has 1 heterocycles. The molecule has 0 saturated heterocycles. The summed E-state index contributed by atoms with van der Waals surface area (Å²) in [5.41, 5.74) is -0.937. The van der Waals surface area contributed by atoms with Crippen molar-refractivity contribution in [2.45, 2.75) is 0 Å². The SMILES string of the molecule is OB(O)c1c(F)ncnc1F. The lowest BCUT2D eigenvalue weighted by Gasteiger charge is -1.98. The van der Waals surface area contributed by atoms with E-state index in [1.54, 1.807) is 0 Å². The van der Waals surface area contributed by atoms with E-state index in [2.05, 4.69) is 9.97 Å². The molecule has 0 atom stereocenters. The average molecular weight is 160 g/mol. The van der Waals surface area contributed by atoms with E-state index in [9.17, 15) is 8.78 Å². The smallest absolute Gasteiger partial charge is 0.423 e. The number of nitrogens with zero attached hydrogens (tertiary/aromatic N) is 2. The molecule has 2 N–H and O–H groups in total. The predicted octanol–water partition coefficient (Wildman–Crippen LogP) is -1.57. The molecule has 0 aliphatic rings. The Hall–Kier alpha value is -1.08. The van der Waals surface area contributed by atoms with Gasteiger partial charge in [0.1, 0.15) is 6.33 Å². The lowest BCUT2D eigenvalue weighted by atomic mass is 9.82. The van der Waals surface area contributed by atoms with Crippen LogP contribution < -0.4 is 5.46 Å². The van der Waals surface area contributed by atoms with Gasteiger partial charge >= 0.3 is 7.12 Å². The maximum Gasteiger partial charge on any atom is 0.497 e. The number of hydrogen-bond donors (Lipinski definition) is 2. The van der Waals surface area contributed by atoms with Crippen LogP contribution in [0.1, 0.15) is 0 Å². The van der Waals surface area contributed by atoms with Crippen molar-refractivity contribution in [3.05, 3.63) is 18.2 Å². The number of halogens is 2. The Balaban J connectivity index is 3.21. The molecule has 1 rings (SSSR count). The van der Waals surface area contributed by atoms with Crippen LogP contribution in [-0.4, -0.2) is 27.1 Å². The van der Waals surface area contributed by atoms with Crippen LogP contribution in [0.2, 0.25) is 0 Å². The number of hydrogen-bond acceptors (Lipinski definition) is 4. The molecule has 11 heavy (non-hydrogen) atoms. The van der Waals surface area contributed by atoms with Gasteiger partial charge in [0.25, 0.3) is 0 Å². The fourth-order valence-corrected chi connectivity index (χ4v) is 0.568. The first kappa shape index (κ1) is 8.03. The molecule has 4 nitrogen and oxygen atoms in total. The summed E-state index contributed by atoms with van der Waals surface area (Å²) in [7, 11) is -2.23. The van der Waals surface area contributed by atoms with E-state index in [1.165, 1.54) is 0 Å². The molecule has 0 saturated carbocycles. The Morgan fingerprint density at radius 3 is 1.91 bits per heavy atom. The van der Waals surface area contributed by atoms with Gasteiger partial charge in [-0.15, -0.1) is 0 Å². The summed E-state index contributed by atoms with van der Waals surface area (Å²) < 4.78 is 24.8. The second-order valence-electron chi connectivity index (χ2n) is 1.74.